The lowest BCUT2D eigenvalue weighted by Gasteiger charge is -2.20. The van der Waals surface area contributed by atoms with Gasteiger partial charge in [-0.25, -0.2) is 8.42 Å². The lowest BCUT2D eigenvalue weighted by molar-refractivity contribution is -0.387. The zero-order chi connectivity index (χ0) is 18.1. The first-order valence-corrected chi connectivity index (χ1v) is 8.56. The van der Waals surface area contributed by atoms with Crippen molar-refractivity contribution in [1.29, 1.82) is 0 Å². The molecular weight excluding hydrogens is 406 g/mol. The molecule has 0 N–H and O–H groups in total. The number of anilines is 1. The van der Waals surface area contributed by atoms with E-state index in [1.54, 1.807) is 0 Å². The molecule has 0 aliphatic carbocycles. The van der Waals surface area contributed by atoms with Gasteiger partial charge in [-0.1, -0.05) is 12.1 Å². The van der Waals surface area contributed by atoms with Crippen LogP contribution in [0, 0.1) is 20.2 Å². The molecule has 0 aromatic heterocycles. The number of hydrogen-bond donors (Lipinski definition) is 0. The molecule has 2 rings (SSSR count). The smallest absolute Gasteiger partial charge is 0.268 e. The zero-order valence-corrected chi connectivity index (χ0v) is 14.5. The van der Waals surface area contributed by atoms with E-state index in [2.05, 4.69) is 15.9 Å². The summed E-state index contributed by atoms with van der Waals surface area (Å²) >= 11 is 3.13. The van der Waals surface area contributed by atoms with Crippen molar-refractivity contribution < 1.29 is 18.3 Å². The molecule has 0 spiro atoms. The monoisotopic (exact) mass is 415 g/mol. The standard InChI is InChI=1S/C13H10BrN3O6S/c1-15(12-8-9(16(18)19)6-7-10(12)14)24(22,23)13-5-3-2-4-11(13)17(20)21/h2-8H,1H3. The fourth-order valence-corrected chi connectivity index (χ4v) is 3.95. The Kier molecular flexibility index (Phi) is 4.85. The number of benzene rings is 2. The molecule has 0 fully saturated rings. The second-order valence-electron chi connectivity index (χ2n) is 4.59. The van der Waals surface area contributed by atoms with Gasteiger partial charge in [-0.05, 0) is 28.1 Å². The fraction of sp³-hybridized carbons (Fsp3) is 0.0769. The first-order chi connectivity index (χ1) is 11.2. The summed E-state index contributed by atoms with van der Waals surface area (Å²) in [7, 11) is -3.13. The van der Waals surface area contributed by atoms with Gasteiger partial charge >= 0.3 is 0 Å². The lowest BCUT2D eigenvalue weighted by Crippen LogP contribution is -2.27. The number of para-hydroxylation sites is 1. The van der Waals surface area contributed by atoms with Crippen LogP contribution in [0.4, 0.5) is 17.1 Å². The maximum Gasteiger partial charge on any atom is 0.289 e. The number of hydrogen-bond acceptors (Lipinski definition) is 6. The van der Waals surface area contributed by atoms with Crippen LogP contribution in [0.15, 0.2) is 51.8 Å². The van der Waals surface area contributed by atoms with E-state index in [1.807, 2.05) is 0 Å². The Morgan fingerprint density at radius 3 is 2.25 bits per heavy atom. The number of sulfonamides is 1. The largest absolute Gasteiger partial charge is 0.289 e. The Balaban J connectivity index is 2.61. The van der Waals surface area contributed by atoms with Crippen LogP contribution in [0.25, 0.3) is 0 Å². The topological polar surface area (TPSA) is 124 Å². The van der Waals surface area contributed by atoms with Crippen LogP contribution < -0.4 is 4.31 Å². The fourth-order valence-electron chi connectivity index (χ4n) is 1.96. The number of nitro groups is 2. The van der Waals surface area contributed by atoms with Crippen LogP contribution in [0.3, 0.4) is 0 Å². The summed E-state index contributed by atoms with van der Waals surface area (Å²) < 4.78 is 26.5. The van der Waals surface area contributed by atoms with Gasteiger partial charge in [-0.2, -0.15) is 0 Å². The average Bonchev–Trinajstić information content (AvgIpc) is 2.54. The van der Waals surface area contributed by atoms with E-state index in [-0.39, 0.29) is 15.8 Å². The Hall–Kier alpha value is -2.53. The van der Waals surface area contributed by atoms with Crippen molar-refractivity contribution >= 4 is 43.0 Å². The first kappa shape index (κ1) is 17.8. The SMILES string of the molecule is CN(c1cc([N+](=O)[O-])ccc1Br)S(=O)(=O)c1ccccc1[N+](=O)[O-]. The van der Waals surface area contributed by atoms with Crippen molar-refractivity contribution in [2.45, 2.75) is 4.90 Å². The molecule has 0 heterocycles. The molecule has 0 aliphatic heterocycles. The molecule has 9 nitrogen and oxygen atoms in total. The average molecular weight is 416 g/mol. The van der Waals surface area contributed by atoms with E-state index in [0.717, 1.165) is 29.6 Å². The maximum absolute atomic E-state index is 12.7. The highest BCUT2D eigenvalue weighted by atomic mass is 79.9. The quantitative estimate of drug-likeness (QED) is 0.545. The van der Waals surface area contributed by atoms with Crippen LogP contribution in [-0.2, 0) is 10.0 Å². The Labute approximate surface area is 145 Å². The molecule has 126 valence electrons. The van der Waals surface area contributed by atoms with E-state index in [9.17, 15) is 28.6 Å². The molecule has 2 aromatic carbocycles. The van der Waals surface area contributed by atoms with Crippen molar-refractivity contribution in [3.05, 3.63) is 67.2 Å². The van der Waals surface area contributed by atoms with Gasteiger partial charge in [-0.3, -0.25) is 24.5 Å². The minimum atomic E-state index is -4.29. The third-order valence-electron chi connectivity index (χ3n) is 3.18. The van der Waals surface area contributed by atoms with Crippen LogP contribution in [0.5, 0.6) is 0 Å². The number of nitrogens with zero attached hydrogens (tertiary/aromatic N) is 3. The highest BCUT2D eigenvalue weighted by Gasteiger charge is 2.31. The van der Waals surface area contributed by atoms with Crippen molar-refractivity contribution in [2.24, 2.45) is 0 Å². The van der Waals surface area contributed by atoms with Crippen LogP contribution >= 0.6 is 15.9 Å². The number of halogens is 1. The molecule has 0 atom stereocenters. The third-order valence-corrected chi connectivity index (χ3v) is 5.67. The third kappa shape index (κ3) is 3.21. The lowest BCUT2D eigenvalue weighted by atomic mass is 10.3. The summed E-state index contributed by atoms with van der Waals surface area (Å²) in [5.41, 5.74) is -0.897. The molecule has 0 amide bonds. The minimum absolute atomic E-state index is 0.0117. The van der Waals surface area contributed by atoms with Gasteiger partial charge in [0.1, 0.15) is 0 Å². The number of non-ortho nitro benzene ring substituents is 1. The summed E-state index contributed by atoms with van der Waals surface area (Å²) in [6.07, 6.45) is 0. The molecular formula is C13H10BrN3O6S. The zero-order valence-electron chi connectivity index (χ0n) is 12.1. The molecule has 24 heavy (non-hydrogen) atoms. The molecule has 0 bridgehead atoms. The second-order valence-corrected chi connectivity index (χ2v) is 7.38. The molecule has 0 aliphatic rings. The van der Waals surface area contributed by atoms with Crippen molar-refractivity contribution in [3.8, 4) is 0 Å². The molecule has 0 radical (unpaired) electrons. The van der Waals surface area contributed by atoms with E-state index in [1.165, 1.54) is 24.3 Å². The maximum atomic E-state index is 12.7. The number of nitro benzene ring substituents is 2. The highest BCUT2D eigenvalue weighted by Crippen LogP contribution is 2.34. The summed E-state index contributed by atoms with van der Waals surface area (Å²) in [6.45, 7) is 0. The van der Waals surface area contributed by atoms with Crippen LogP contribution in [0.1, 0.15) is 0 Å². The van der Waals surface area contributed by atoms with Crippen molar-refractivity contribution in [3.63, 3.8) is 0 Å². The highest BCUT2D eigenvalue weighted by molar-refractivity contribution is 9.10. The van der Waals surface area contributed by atoms with Gasteiger partial charge < -0.3 is 0 Å². The first-order valence-electron chi connectivity index (χ1n) is 6.32. The predicted octanol–water partition coefficient (Wildman–Crippen LogP) is 3.09. The van der Waals surface area contributed by atoms with E-state index in [4.69, 9.17) is 0 Å². The van der Waals surface area contributed by atoms with Gasteiger partial charge in [0.15, 0.2) is 4.90 Å². The Morgan fingerprint density at radius 2 is 1.67 bits per heavy atom. The summed E-state index contributed by atoms with van der Waals surface area (Å²) in [4.78, 5) is 20.0. The molecule has 0 saturated carbocycles. The van der Waals surface area contributed by atoms with Crippen LogP contribution in [0.2, 0.25) is 0 Å². The van der Waals surface area contributed by atoms with Gasteiger partial charge in [0.05, 0.1) is 15.5 Å². The van der Waals surface area contributed by atoms with E-state index in [0.29, 0.717) is 0 Å². The molecule has 0 saturated heterocycles. The predicted molar refractivity (Wildman–Crippen MR) is 89.5 cm³/mol. The molecule has 11 heteroatoms. The normalized spacial score (nSPS) is 11.1. The van der Waals surface area contributed by atoms with Gasteiger partial charge in [-0.15, -0.1) is 0 Å². The van der Waals surface area contributed by atoms with Crippen molar-refractivity contribution in [1.82, 2.24) is 0 Å². The van der Waals surface area contributed by atoms with Gasteiger partial charge in [0.25, 0.3) is 21.4 Å². The summed E-state index contributed by atoms with van der Waals surface area (Å²) in [5.74, 6) is 0. The second kappa shape index (κ2) is 6.53. The van der Waals surface area contributed by atoms with Gasteiger partial charge in [0.2, 0.25) is 0 Å². The minimum Gasteiger partial charge on any atom is -0.268 e. The van der Waals surface area contributed by atoms with Crippen molar-refractivity contribution in [2.75, 3.05) is 11.4 Å². The van der Waals surface area contributed by atoms with E-state index < -0.39 is 30.5 Å². The van der Waals surface area contributed by atoms with Crippen LogP contribution in [-0.4, -0.2) is 25.3 Å². The summed E-state index contributed by atoms with van der Waals surface area (Å²) in [6, 6.07) is 8.49. The molecule has 0 unspecified atom stereocenters. The number of rotatable bonds is 5. The Bertz CT molecular complexity index is 931. The Morgan fingerprint density at radius 1 is 1.04 bits per heavy atom. The van der Waals surface area contributed by atoms with E-state index >= 15 is 0 Å². The van der Waals surface area contributed by atoms with Gasteiger partial charge in [0, 0.05) is 29.7 Å². The molecule has 2 aromatic rings. The summed E-state index contributed by atoms with van der Waals surface area (Å²) in [5, 5.41) is 21.9.